The number of nitrogens with zero attached hydrogens (tertiary/aromatic N) is 2. The van der Waals surface area contributed by atoms with E-state index in [-0.39, 0.29) is 12.1 Å². The Labute approximate surface area is 123 Å². The Morgan fingerprint density at radius 3 is 2.90 bits per heavy atom. The zero-order valence-corrected chi connectivity index (χ0v) is 11.9. The number of benzene rings is 1. The fourth-order valence-electron chi connectivity index (χ4n) is 1.71. The molecule has 0 saturated heterocycles. The molecule has 0 fully saturated rings. The smallest absolute Gasteiger partial charge is 0.282 e. The summed E-state index contributed by atoms with van der Waals surface area (Å²) in [6, 6.07) is 2.77. The maximum absolute atomic E-state index is 13.2. The van der Waals surface area contributed by atoms with Crippen LogP contribution in [-0.2, 0) is 13.0 Å². The molecule has 2 rings (SSSR count). The van der Waals surface area contributed by atoms with Gasteiger partial charge in [0.25, 0.3) is 11.6 Å². The summed E-state index contributed by atoms with van der Waals surface area (Å²) in [6.07, 6.45) is 0.800. The first-order valence-electron chi connectivity index (χ1n) is 6.16. The van der Waals surface area contributed by atoms with E-state index in [1.807, 2.05) is 6.92 Å². The van der Waals surface area contributed by atoms with Crippen LogP contribution in [0.1, 0.15) is 28.0 Å². The number of amides is 1. The fourth-order valence-corrected chi connectivity index (χ4v) is 2.45. The van der Waals surface area contributed by atoms with Crippen molar-refractivity contribution in [1.82, 2.24) is 10.3 Å². The Bertz CT molecular complexity index is 687. The molecule has 8 heteroatoms. The maximum Gasteiger partial charge on any atom is 0.282 e. The van der Waals surface area contributed by atoms with Crippen LogP contribution in [0.25, 0.3) is 0 Å². The molecule has 0 atom stereocenters. The molecule has 0 aliphatic heterocycles. The third kappa shape index (κ3) is 3.60. The molecule has 1 heterocycles. The van der Waals surface area contributed by atoms with Crippen LogP contribution in [0, 0.1) is 15.9 Å². The lowest BCUT2D eigenvalue weighted by molar-refractivity contribution is -0.385. The van der Waals surface area contributed by atoms with Gasteiger partial charge in [0, 0.05) is 11.4 Å². The average molecular weight is 309 g/mol. The van der Waals surface area contributed by atoms with Crippen LogP contribution in [0.5, 0.6) is 0 Å². The third-order valence-electron chi connectivity index (χ3n) is 2.73. The van der Waals surface area contributed by atoms with Crippen LogP contribution >= 0.6 is 11.3 Å². The molecule has 0 aliphatic carbocycles. The molecule has 0 aliphatic rings. The summed E-state index contributed by atoms with van der Waals surface area (Å²) >= 11 is 1.48. The number of nitro benzene ring substituents is 1. The van der Waals surface area contributed by atoms with Gasteiger partial charge < -0.3 is 5.32 Å². The fraction of sp³-hybridized carbons (Fsp3) is 0.231. The summed E-state index contributed by atoms with van der Waals surface area (Å²) in [6.45, 7) is 2.11. The van der Waals surface area contributed by atoms with Gasteiger partial charge in [-0.15, -0.1) is 11.3 Å². The van der Waals surface area contributed by atoms with E-state index in [9.17, 15) is 19.3 Å². The topological polar surface area (TPSA) is 85.1 Å². The van der Waals surface area contributed by atoms with Crippen molar-refractivity contribution in [2.24, 2.45) is 0 Å². The van der Waals surface area contributed by atoms with Gasteiger partial charge in [-0.1, -0.05) is 6.92 Å². The van der Waals surface area contributed by atoms with Crippen LogP contribution in [0.15, 0.2) is 23.6 Å². The van der Waals surface area contributed by atoms with Gasteiger partial charge in [0.1, 0.15) is 11.4 Å². The van der Waals surface area contributed by atoms with Crippen LogP contribution in [0.2, 0.25) is 0 Å². The molecular weight excluding hydrogens is 297 g/mol. The van der Waals surface area contributed by atoms with E-state index in [0.717, 1.165) is 29.6 Å². The predicted molar refractivity (Wildman–Crippen MR) is 75.7 cm³/mol. The average Bonchev–Trinajstić information content (AvgIpc) is 2.92. The number of hydrogen-bond acceptors (Lipinski definition) is 5. The minimum Gasteiger partial charge on any atom is -0.346 e. The standard InChI is InChI=1S/C13H12FN3O3S/c1-2-12-16-9(7-21-12)6-15-13(18)10-5-8(14)3-4-11(10)17(19)20/h3-5,7H,2,6H2,1H3,(H,15,18). The lowest BCUT2D eigenvalue weighted by Crippen LogP contribution is -2.24. The summed E-state index contributed by atoms with van der Waals surface area (Å²) in [5, 5.41) is 16.1. The predicted octanol–water partition coefficient (Wildman–Crippen LogP) is 2.68. The second-order valence-electron chi connectivity index (χ2n) is 4.19. The third-order valence-corrected chi connectivity index (χ3v) is 3.77. The lowest BCUT2D eigenvalue weighted by Gasteiger charge is -2.04. The number of hydrogen-bond donors (Lipinski definition) is 1. The molecule has 0 radical (unpaired) electrons. The Balaban J connectivity index is 2.13. The zero-order valence-electron chi connectivity index (χ0n) is 11.1. The number of nitro groups is 1. The molecule has 1 aromatic carbocycles. The highest BCUT2D eigenvalue weighted by Gasteiger charge is 2.20. The van der Waals surface area contributed by atoms with Crippen molar-refractivity contribution in [3.05, 3.63) is 55.8 Å². The number of rotatable bonds is 5. The van der Waals surface area contributed by atoms with Crippen molar-refractivity contribution < 1.29 is 14.1 Å². The number of thiazole rings is 1. The summed E-state index contributed by atoms with van der Waals surface area (Å²) in [7, 11) is 0. The van der Waals surface area contributed by atoms with Gasteiger partial charge in [-0.05, 0) is 18.6 Å². The Morgan fingerprint density at radius 1 is 1.52 bits per heavy atom. The zero-order chi connectivity index (χ0) is 15.4. The molecule has 2 aromatic rings. The first kappa shape index (κ1) is 15.0. The highest BCUT2D eigenvalue weighted by Crippen LogP contribution is 2.19. The molecule has 0 saturated carbocycles. The van der Waals surface area contributed by atoms with Gasteiger partial charge in [-0.2, -0.15) is 0 Å². The summed E-state index contributed by atoms with van der Waals surface area (Å²) < 4.78 is 13.2. The number of aromatic nitrogens is 1. The van der Waals surface area contributed by atoms with Crippen molar-refractivity contribution in [1.29, 1.82) is 0 Å². The van der Waals surface area contributed by atoms with Gasteiger partial charge in [0.15, 0.2) is 0 Å². The largest absolute Gasteiger partial charge is 0.346 e. The van der Waals surface area contributed by atoms with Gasteiger partial charge in [-0.3, -0.25) is 14.9 Å². The normalized spacial score (nSPS) is 10.4. The second kappa shape index (κ2) is 6.40. The van der Waals surface area contributed by atoms with Gasteiger partial charge in [-0.25, -0.2) is 9.37 Å². The first-order valence-corrected chi connectivity index (χ1v) is 7.04. The van der Waals surface area contributed by atoms with E-state index < -0.39 is 22.3 Å². The lowest BCUT2D eigenvalue weighted by atomic mass is 10.1. The number of halogens is 1. The monoisotopic (exact) mass is 309 g/mol. The number of nitrogens with one attached hydrogen (secondary N) is 1. The van der Waals surface area contributed by atoms with Crippen molar-refractivity contribution >= 4 is 22.9 Å². The molecular formula is C13H12FN3O3S. The number of aryl methyl sites for hydroxylation is 1. The molecule has 1 aromatic heterocycles. The second-order valence-corrected chi connectivity index (χ2v) is 5.13. The molecule has 110 valence electrons. The minimum absolute atomic E-state index is 0.142. The van der Waals surface area contributed by atoms with E-state index in [1.165, 1.54) is 11.3 Å². The van der Waals surface area contributed by atoms with Crippen molar-refractivity contribution in [2.75, 3.05) is 0 Å². The highest BCUT2D eigenvalue weighted by atomic mass is 32.1. The van der Waals surface area contributed by atoms with Gasteiger partial charge in [0.2, 0.25) is 0 Å². The van der Waals surface area contributed by atoms with Crippen LogP contribution in [-0.4, -0.2) is 15.8 Å². The van der Waals surface area contributed by atoms with Crippen molar-refractivity contribution in [3.8, 4) is 0 Å². The quantitative estimate of drug-likeness (QED) is 0.679. The van der Waals surface area contributed by atoms with Gasteiger partial charge in [0.05, 0.1) is 22.2 Å². The van der Waals surface area contributed by atoms with E-state index in [2.05, 4.69) is 10.3 Å². The van der Waals surface area contributed by atoms with Crippen LogP contribution < -0.4 is 5.32 Å². The summed E-state index contributed by atoms with van der Waals surface area (Å²) in [5.41, 5.74) is -0.0587. The Morgan fingerprint density at radius 2 is 2.29 bits per heavy atom. The Kier molecular flexibility index (Phi) is 4.59. The number of carbonyl (C=O) groups excluding carboxylic acids is 1. The van der Waals surface area contributed by atoms with Crippen LogP contribution in [0.3, 0.4) is 0 Å². The Hall–Kier alpha value is -2.35. The molecule has 21 heavy (non-hydrogen) atoms. The first-order chi connectivity index (χ1) is 10.0. The molecule has 0 spiro atoms. The SMILES string of the molecule is CCc1nc(CNC(=O)c2cc(F)ccc2[N+](=O)[O-])cs1. The van der Waals surface area contributed by atoms with Crippen molar-refractivity contribution in [2.45, 2.75) is 19.9 Å². The molecule has 1 N–H and O–H groups in total. The van der Waals surface area contributed by atoms with Crippen molar-refractivity contribution in [3.63, 3.8) is 0 Å². The van der Waals surface area contributed by atoms with E-state index in [0.29, 0.717) is 5.69 Å². The van der Waals surface area contributed by atoms with E-state index in [1.54, 1.807) is 5.38 Å². The van der Waals surface area contributed by atoms with Gasteiger partial charge >= 0.3 is 0 Å². The maximum atomic E-state index is 13.2. The van der Waals surface area contributed by atoms with E-state index in [4.69, 9.17) is 0 Å². The molecule has 6 nitrogen and oxygen atoms in total. The molecule has 0 bridgehead atoms. The summed E-state index contributed by atoms with van der Waals surface area (Å²) in [4.78, 5) is 26.4. The highest BCUT2D eigenvalue weighted by molar-refractivity contribution is 7.09. The minimum atomic E-state index is -0.716. The number of carbonyl (C=O) groups is 1. The van der Waals surface area contributed by atoms with E-state index >= 15 is 0 Å². The molecule has 1 amide bonds. The molecule has 0 unspecified atom stereocenters. The van der Waals surface area contributed by atoms with Crippen LogP contribution in [0.4, 0.5) is 10.1 Å². The summed E-state index contributed by atoms with van der Waals surface area (Å²) in [5.74, 6) is -1.40.